The number of carboxylic acid groups (broad SMARTS) is 2. The molecule has 19 nitrogen and oxygen atoms in total. The minimum absolute atomic E-state index is 0. The minimum Gasteiger partial charge on any atom is -0.480 e. The lowest BCUT2D eigenvalue weighted by Gasteiger charge is -1.73. The van der Waals surface area contributed by atoms with E-state index in [1.165, 1.54) is 12.1 Å². The zero-order valence-electron chi connectivity index (χ0n) is 15.3. The van der Waals surface area contributed by atoms with Crippen molar-refractivity contribution >= 4 is 17.8 Å². The molecule has 0 fully saturated rings. The number of aliphatic hydroxyl groups is 5. The first-order chi connectivity index (χ1) is 10.6. The monoisotopic (exact) mass is 479 g/mol. The molecule has 0 aliphatic carbocycles. The zero-order chi connectivity index (χ0) is 19.7. The highest BCUT2D eigenvalue weighted by Crippen LogP contribution is 1.49. The maximum absolute atomic E-state index is 9.34. The van der Waals surface area contributed by atoms with E-state index in [2.05, 4.69) is 5.73 Å². The molecule has 198 valence electrons. The van der Waals surface area contributed by atoms with Gasteiger partial charge in [-0.15, -0.1) is 0 Å². The fourth-order valence-corrected chi connectivity index (χ4v) is 0. The van der Waals surface area contributed by atoms with Crippen molar-refractivity contribution in [1.29, 1.82) is 10.5 Å². The van der Waals surface area contributed by atoms with Crippen LogP contribution in [0.1, 0.15) is 14.9 Å². The van der Waals surface area contributed by atoms with Gasteiger partial charge in [-0.1, -0.05) is 14.9 Å². The van der Waals surface area contributed by atoms with Crippen LogP contribution in [0.25, 0.3) is 0 Å². The lowest BCUT2D eigenvalue weighted by Crippen LogP contribution is -2.14. The summed E-state index contributed by atoms with van der Waals surface area (Å²) in [6.45, 7) is -2.86. The van der Waals surface area contributed by atoms with E-state index in [-0.39, 0.29) is 62.3 Å². The molecule has 19 heteroatoms. The van der Waals surface area contributed by atoms with Crippen LogP contribution in [-0.2, 0) is 14.4 Å². The number of rotatable bonds is 3. The van der Waals surface area contributed by atoms with Crippen LogP contribution in [0.3, 0.4) is 0 Å². The van der Waals surface area contributed by atoms with Crippen molar-refractivity contribution in [3.05, 3.63) is 0 Å². The Morgan fingerprint density at radius 3 is 0.742 bits per heavy atom. The molecule has 0 heterocycles. The van der Waals surface area contributed by atoms with Gasteiger partial charge in [0.05, 0.1) is 12.1 Å². The van der Waals surface area contributed by atoms with Crippen molar-refractivity contribution in [2.24, 2.45) is 5.73 Å². The standard InChI is InChI=1S/C2H5NO2.2C2H3NO.2C2H4O3.2CH4.2H3N.4H2O/c3-2(5)1-4;2*3-1-2-4;2*3-1-2(4)5;;;;;;;;/h4H,1H2,(H2,3,5);2*4H,2H2;2*3H,1H2,(H,4,5);2*1H4;2*1H3;4*1H2. The molecule has 0 radical (unpaired) electrons. The first-order valence-electron chi connectivity index (χ1n) is 5.14. The molecule has 0 aromatic rings. The molecule has 0 unspecified atom stereocenters. The van der Waals surface area contributed by atoms with Gasteiger partial charge in [0, 0.05) is 0 Å². The third-order valence-corrected chi connectivity index (χ3v) is 0.568. The Balaban J connectivity index is -0.0000000112. The number of amides is 1. The Labute approximate surface area is 179 Å². The summed E-state index contributed by atoms with van der Waals surface area (Å²) in [6, 6.07) is 2.97. The number of hydrogen-bond acceptors (Lipinski definition) is 12. The first-order valence-corrected chi connectivity index (χ1v) is 5.14. The van der Waals surface area contributed by atoms with E-state index in [0.29, 0.717) is 0 Å². The van der Waals surface area contributed by atoms with Crippen molar-refractivity contribution in [2.45, 2.75) is 14.9 Å². The van der Waals surface area contributed by atoms with Gasteiger partial charge in [0.15, 0.2) is 0 Å². The predicted octanol–water partition coefficient (Wildman–Crippen LogP) is -6.11. The summed E-state index contributed by atoms with van der Waals surface area (Å²) < 4.78 is 0. The van der Waals surface area contributed by atoms with Crippen molar-refractivity contribution < 1.29 is 72.0 Å². The van der Waals surface area contributed by atoms with Gasteiger partial charge in [-0.25, -0.2) is 9.59 Å². The molecule has 0 spiro atoms. The predicted molar refractivity (Wildman–Crippen MR) is 109 cm³/mol. The molecule has 0 aliphatic heterocycles. The van der Waals surface area contributed by atoms with Gasteiger partial charge in [-0.2, -0.15) is 10.5 Å². The summed E-state index contributed by atoms with van der Waals surface area (Å²) in [4.78, 5) is 27.6. The number of aliphatic carboxylic acids is 2. The smallest absolute Gasteiger partial charge is 0.329 e. The Hall–Kier alpha value is -3.05. The van der Waals surface area contributed by atoms with Gasteiger partial charge >= 0.3 is 11.9 Å². The molecular weight excluding hydrogens is 438 g/mol. The molecule has 0 aliphatic rings. The van der Waals surface area contributed by atoms with Gasteiger partial charge < -0.3 is 75.7 Å². The summed E-state index contributed by atoms with van der Waals surface area (Å²) >= 11 is 0. The van der Waals surface area contributed by atoms with Crippen LogP contribution in [0.4, 0.5) is 0 Å². The van der Waals surface area contributed by atoms with Crippen LogP contribution in [0.2, 0.25) is 0 Å². The molecule has 0 bridgehead atoms. The van der Waals surface area contributed by atoms with Crippen LogP contribution >= 0.6 is 0 Å². The zero-order valence-corrected chi connectivity index (χ0v) is 15.3. The quantitative estimate of drug-likeness (QED) is 0.168. The average Bonchev–Trinajstić information content (AvgIpc) is 2.56. The van der Waals surface area contributed by atoms with Crippen molar-refractivity contribution in [1.82, 2.24) is 12.3 Å². The first kappa shape index (κ1) is 90.8. The van der Waals surface area contributed by atoms with E-state index in [1.54, 1.807) is 0 Å². The van der Waals surface area contributed by atoms with Gasteiger partial charge in [-0.3, -0.25) is 4.79 Å². The SMILES string of the molecule is C.C.N.N.N#CCO.N#CCO.NC(=O)CO.O.O.O.O.O=C(O)CO.O=C(O)CO. The second-order valence-electron chi connectivity index (χ2n) is 2.36. The number of carbonyl (C=O) groups excluding carboxylic acids is 1. The minimum atomic E-state index is -1.19. The number of carboxylic acids is 2. The van der Waals surface area contributed by atoms with Crippen molar-refractivity contribution in [3.8, 4) is 12.1 Å². The molecule has 0 aromatic carbocycles. The summed E-state index contributed by atoms with van der Waals surface area (Å²) in [7, 11) is 0. The van der Waals surface area contributed by atoms with Crippen molar-refractivity contribution in [2.75, 3.05) is 33.0 Å². The topological polar surface area (TPSA) is 462 Å². The van der Waals surface area contributed by atoms with E-state index in [1.807, 2.05) is 0 Å². The number of nitriles is 2. The highest BCUT2D eigenvalue weighted by Gasteiger charge is 1.83. The number of nitrogens with two attached hydrogens (primary N) is 1. The van der Waals surface area contributed by atoms with Gasteiger partial charge in [0.25, 0.3) is 0 Å². The Bertz CT molecular complexity index is 326. The van der Waals surface area contributed by atoms with Crippen molar-refractivity contribution in [3.63, 3.8) is 0 Å². The number of primary amides is 1. The number of nitrogens with zero attached hydrogens (tertiary/aromatic N) is 2. The summed E-state index contributed by atoms with van der Waals surface area (Å²) in [6.07, 6.45) is 0. The van der Waals surface area contributed by atoms with Gasteiger partial charge in [-0.05, 0) is 0 Å². The molecule has 0 atom stereocenters. The second kappa shape index (κ2) is 108. The molecular formula is C12H41N5O14. The maximum Gasteiger partial charge on any atom is 0.329 e. The fourth-order valence-electron chi connectivity index (χ4n) is 0. The highest BCUT2D eigenvalue weighted by molar-refractivity contribution is 5.74. The maximum atomic E-state index is 9.34. The highest BCUT2D eigenvalue weighted by atomic mass is 16.4. The Kier molecular flexibility index (Phi) is 317. The second-order valence-corrected chi connectivity index (χ2v) is 2.36. The van der Waals surface area contributed by atoms with Crippen LogP contribution in [0, 0.1) is 22.7 Å². The fraction of sp³-hybridized carbons (Fsp3) is 0.583. The largest absolute Gasteiger partial charge is 0.480 e. The summed E-state index contributed by atoms with van der Waals surface area (Å²) in [5.41, 5.74) is 4.40. The molecule has 1 amide bonds. The lowest BCUT2D eigenvalue weighted by atomic mass is 10.7. The van der Waals surface area contributed by atoms with E-state index in [4.69, 9.17) is 55.9 Å². The number of hydrogen-bond donors (Lipinski definition) is 10. The molecule has 0 aromatic heterocycles. The molecule has 0 saturated carbocycles. The average molecular weight is 479 g/mol. The molecule has 23 N–H and O–H groups in total. The third kappa shape index (κ3) is 685. The summed E-state index contributed by atoms with van der Waals surface area (Å²) in [5, 5.41) is 67.5. The van der Waals surface area contributed by atoms with Crippen LogP contribution < -0.4 is 18.0 Å². The number of aliphatic hydroxyl groups excluding tert-OH is 5. The van der Waals surface area contributed by atoms with E-state index in [9.17, 15) is 4.79 Å². The van der Waals surface area contributed by atoms with Crippen LogP contribution in [-0.4, -0.2) is 109 Å². The van der Waals surface area contributed by atoms with E-state index < -0.39 is 37.7 Å². The Morgan fingerprint density at radius 2 is 0.742 bits per heavy atom. The Morgan fingerprint density at radius 1 is 0.645 bits per heavy atom. The van der Waals surface area contributed by atoms with Crippen LogP contribution in [0.5, 0.6) is 0 Å². The van der Waals surface area contributed by atoms with E-state index in [0.717, 1.165) is 0 Å². The number of carbonyl (C=O) groups is 3. The normalized spacial score (nSPS) is 4.87. The molecule has 0 rings (SSSR count). The van der Waals surface area contributed by atoms with Gasteiger partial charge in [0.2, 0.25) is 5.91 Å². The summed E-state index contributed by atoms with van der Waals surface area (Å²) in [5.74, 6) is -3.07. The third-order valence-electron chi connectivity index (χ3n) is 0.568. The lowest BCUT2D eigenvalue weighted by molar-refractivity contribution is -0.141. The van der Waals surface area contributed by atoms with E-state index >= 15 is 0 Å². The molecule has 0 saturated heterocycles. The van der Waals surface area contributed by atoms with Crippen LogP contribution in [0.15, 0.2) is 0 Å². The molecule has 31 heavy (non-hydrogen) atoms. The van der Waals surface area contributed by atoms with Gasteiger partial charge in [0.1, 0.15) is 33.0 Å².